The molecule has 0 radical (unpaired) electrons. The molecule has 0 fully saturated rings. The number of hydrogen-bond acceptors (Lipinski definition) is 5. The number of rotatable bonds is 5. The maximum Gasteiger partial charge on any atom is 0.128 e. The summed E-state index contributed by atoms with van der Waals surface area (Å²) in [4.78, 5) is 12.4. The van der Waals surface area contributed by atoms with Gasteiger partial charge in [-0.15, -0.1) is 0 Å². The number of aromatic nitrogens is 3. The molecule has 2 rings (SSSR count). The fourth-order valence-corrected chi connectivity index (χ4v) is 1.42. The lowest BCUT2D eigenvalue weighted by Crippen LogP contribution is -2.05. The zero-order valence-corrected chi connectivity index (χ0v) is 9.72. The van der Waals surface area contributed by atoms with Crippen LogP contribution in [0.4, 0.5) is 11.6 Å². The Labute approximate surface area is 100 Å². The van der Waals surface area contributed by atoms with Crippen molar-refractivity contribution in [2.24, 2.45) is 0 Å². The summed E-state index contributed by atoms with van der Waals surface area (Å²) >= 11 is 0. The van der Waals surface area contributed by atoms with E-state index >= 15 is 0 Å². The number of nitrogens with zero attached hydrogens (tertiary/aromatic N) is 3. The van der Waals surface area contributed by atoms with E-state index in [4.69, 9.17) is 0 Å². The predicted molar refractivity (Wildman–Crippen MR) is 67.8 cm³/mol. The molecule has 17 heavy (non-hydrogen) atoms. The summed E-state index contributed by atoms with van der Waals surface area (Å²) in [5.41, 5.74) is 0.940. The van der Waals surface area contributed by atoms with Crippen molar-refractivity contribution in [1.29, 1.82) is 0 Å². The van der Waals surface area contributed by atoms with Crippen LogP contribution in [0.3, 0.4) is 0 Å². The van der Waals surface area contributed by atoms with Crippen LogP contribution in [0, 0.1) is 0 Å². The molecule has 2 aromatic heterocycles. The molecular formula is C12H15N5. The molecule has 0 spiro atoms. The maximum atomic E-state index is 4.41. The predicted octanol–water partition coefficient (Wildman–Crippen LogP) is 1.92. The molecule has 0 aliphatic rings. The van der Waals surface area contributed by atoms with E-state index in [1.54, 1.807) is 12.5 Å². The fourth-order valence-electron chi connectivity index (χ4n) is 1.42. The average molecular weight is 229 g/mol. The average Bonchev–Trinajstić information content (AvgIpc) is 2.39. The monoisotopic (exact) mass is 229 g/mol. The van der Waals surface area contributed by atoms with Crippen molar-refractivity contribution >= 4 is 11.6 Å². The van der Waals surface area contributed by atoms with Gasteiger partial charge in [0.15, 0.2) is 0 Å². The van der Waals surface area contributed by atoms with Gasteiger partial charge in [-0.25, -0.2) is 15.0 Å². The van der Waals surface area contributed by atoms with Crippen molar-refractivity contribution in [2.75, 3.05) is 17.2 Å². The third-order valence-electron chi connectivity index (χ3n) is 2.20. The van der Waals surface area contributed by atoms with Gasteiger partial charge in [0.05, 0.1) is 12.2 Å². The summed E-state index contributed by atoms with van der Waals surface area (Å²) in [5, 5.41) is 6.39. The lowest BCUT2D eigenvalue weighted by atomic mass is 10.4. The van der Waals surface area contributed by atoms with Gasteiger partial charge in [-0.2, -0.15) is 0 Å². The van der Waals surface area contributed by atoms with E-state index in [-0.39, 0.29) is 0 Å². The first-order valence-electron chi connectivity index (χ1n) is 5.58. The molecular weight excluding hydrogens is 214 g/mol. The van der Waals surface area contributed by atoms with Crippen molar-refractivity contribution in [1.82, 2.24) is 15.0 Å². The quantitative estimate of drug-likeness (QED) is 0.820. The van der Waals surface area contributed by atoms with Gasteiger partial charge in [-0.05, 0) is 25.1 Å². The molecule has 5 nitrogen and oxygen atoms in total. The minimum atomic E-state index is 0.644. The third kappa shape index (κ3) is 3.41. The Kier molecular flexibility index (Phi) is 3.85. The normalized spacial score (nSPS) is 9.94. The van der Waals surface area contributed by atoms with Crippen LogP contribution < -0.4 is 10.6 Å². The summed E-state index contributed by atoms with van der Waals surface area (Å²) < 4.78 is 0. The minimum absolute atomic E-state index is 0.644. The smallest absolute Gasteiger partial charge is 0.128 e. The van der Waals surface area contributed by atoms with Crippen LogP contribution in [0.15, 0.2) is 36.8 Å². The number of anilines is 2. The van der Waals surface area contributed by atoms with Crippen LogP contribution >= 0.6 is 0 Å². The molecule has 0 atom stereocenters. The highest BCUT2D eigenvalue weighted by Gasteiger charge is 1.97. The maximum absolute atomic E-state index is 4.41. The molecule has 5 heteroatoms. The van der Waals surface area contributed by atoms with Gasteiger partial charge in [0.2, 0.25) is 0 Å². The van der Waals surface area contributed by atoms with Crippen molar-refractivity contribution in [3.8, 4) is 0 Å². The Bertz CT molecular complexity index is 457. The Morgan fingerprint density at radius 3 is 2.65 bits per heavy atom. The molecule has 0 bridgehead atoms. The zero-order valence-electron chi connectivity index (χ0n) is 9.72. The molecule has 2 N–H and O–H groups in total. The third-order valence-corrected chi connectivity index (χ3v) is 2.20. The van der Waals surface area contributed by atoms with E-state index in [1.807, 2.05) is 31.2 Å². The molecule has 0 aliphatic heterocycles. The highest BCUT2D eigenvalue weighted by Crippen LogP contribution is 2.09. The number of hydrogen-bond donors (Lipinski definition) is 2. The van der Waals surface area contributed by atoms with E-state index in [0.717, 1.165) is 23.9 Å². The van der Waals surface area contributed by atoms with Crippen molar-refractivity contribution in [3.63, 3.8) is 0 Å². The van der Waals surface area contributed by atoms with Crippen molar-refractivity contribution < 1.29 is 0 Å². The van der Waals surface area contributed by atoms with Gasteiger partial charge in [0.25, 0.3) is 0 Å². The molecule has 88 valence electrons. The van der Waals surface area contributed by atoms with E-state index in [0.29, 0.717) is 6.54 Å². The summed E-state index contributed by atoms with van der Waals surface area (Å²) in [6.07, 6.45) is 3.27. The lowest BCUT2D eigenvalue weighted by molar-refractivity contribution is 0.995. The van der Waals surface area contributed by atoms with Crippen molar-refractivity contribution in [3.05, 3.63) is 42.5 Å². The summed E-state index contributed by atoms with van der Waals surface area (Å²) in [5.74, 6) is 1.71. The zero-order chi connectivity index (χ0) is 11.9. The molecule has 0 unspecified atom stereocenters. The Balaban J connectivity index is 1.97. The van der Waals surface area contributed by atoms with Crippen LogP contribution in [0.1, 0.15) is 12.6 Å². The second-order valence-corrected chi connectivity index (χ2v) is 3.49. The van der Waals surface area contributed by atoms with Crippen LogP contribution in [-0.4, -0.2) is 21.5 Å². The van der Waals surface area contributed by atoms with Gasteiger partial charge in [0.1, 0.15) is 18.0 Å². The molecule has 0 aliphatic carbocycles. The van der Waals surface area contributed by atoms with Crippen LogP contribution in [-0.2, 0) is 6.54 Å². The highest BCUT2D eigenvalue weighted by molar-refractivity contribution is 5.45. The van der Waals surface area contributed by atoms with Gasteiger partial charge >= 0.3 is 0 Å². The Morgan fingerprint density at radius 1 is 1.12 bits per heavy atom. The number of pyridine rings is 1. The second kappa shape index (κ2) is 5.79. The summed E-state index contributed by atoms with van der Waals surface area (Å²) in [7, 11) is 0. The lowest BCUT2D eigenvalue weighted by Gasteiger charge is -2.07. The molecule has 2 aromatic rings. The standard InChI is InChI=1S/C12H15N5/c1-2-14-11-4-3-5-12(17-11)15-8-10-6-7-13-9-16-10/h3-7,9H,2,8H2,1H3,(H2,14,15,17). The van der Waals surface area contributed by atoms with Gasteiger partial charge in [0, 0.05) is 12.7 Å². The Hall–Kier alpha value is -2.17. The molecule has 0 saturated carbocycles. The summed E-state index contributed by atoms with van der Waals surface area (Å²) in [6, 6.07) is 7.72. The van der Waals surface area contributed by atoms with Gasteiger partial charge in [-0.1, -0.05) is 6.07 Å². The first kappa shape index (κ1) is 11.3. The first-order chi connectivity index (χ1) is 8.38. The SMILES string of the molecule is CCNc1cccc(NCc2ccncn2)n1. The van der Waals surface area contributed by atoms with Crippen LogP contribution in [0.5, 0.6) is 0 Å². The number of nitrogens with one attached hydrogen (secondary N) is 2. The van der Waals surface area contributed by atoms with Crippen molar-refractivity contribution in [2.45, 2.75) is 13.5 Å². The van der Waals surface area contributed by atoms with Gasteiger partial charge < -0.3 is 10.6 Å². The van der Waals surface area contributed by atoms with Crippen LogP contribution in [0.25, 0.3) is 0 Å². The van der Waals surface area contributed by atoms with Gasteiger partial charge in [-0.3, -0.25) is 0 Å². The molecule has 0 aromatic carbocycles. The van der Waals surface area contributed by atoms with Crippen LogP contribution in [0.2, 0.25) is 0 Å². The first-order valence-corrected chi connectivity index (χ1v) is 5.58. The second-order valence-electron chi connectivity index (χ2n) is 3.49. The van der Waals surface area contributed by atoms with E-state index in [2.05, 4.69) is 25.6 Å². The molecule has 0 amide bonds. The topological polar surface area (TPSA) is 62.7 Å². The van der Waals surface area contributed by atoms with E-state index in [1.165, 1.54) is 0 Å². The summed E-state index contributed by atoms with van der Waals surface area (Å²) in [6.45, 7) is 3.55. The minimum Gasteiger partial charge on any atom is -0.370 e. The Morgan fingerprint density at radius 2 is 1.94 bits per heavy atom. The van der Waals surface area contributed by atoms with E-state index < -0.39 is 0 Å². The highest BCUT2D eigenvalue weighted by atomic mass is 15.1. The molecule has 0 saturated heterocycles. The fraction of sp³-hybridized carbons (Fsp3) is 0.250. The van der Waals surface area contributed by atoms with E-state index in [9.17, 15) is 0 Å². The largest absolute Gasteiger partial charge is 0.370 e. The molecule has 2 heterocycles.